The van der Waals surface area contributed by atoms with Gasteiger partial charge in [0.15, 0.2) is 0 Å². The fourth-order valence-corrected chi connectivity index (χ4v) is 12.3. The SMILES string of the molecule is C#Cc1cccc([O][Zr]([O]c2cccc(C#C)c2)([CH]2C=CC=C2)[CH]2C=CC=C2)c1. The first kappa shape index (κ1) is 19.3. The summed E-state index contributed by atoms with van der Waals surface area (Å²) in [6.07, 6.45) is 28.1. The van der Waals surface area contributed by atoms with E-state index >= 15 is 0 Å². The molecule has 0 radical (unpaired) electrons. The van der Waals surface area contributed by atoms with Crippen molar-refractivity contribution in [3.63, 3.8) is 0 Å². The van der Waals surface area contributed by atoms with Crippen LogP contribution < -0.4 is 5.63 Å². The molecule has 0 bridgehead atoms. The van der Waals surface area contributed by atoms with E-state index < -0.39 is 21.1 Å². The summed E-state index contributed by atoms with van der Waals surface area (Å²) < 4.78 is 13.9. The predicted molar refractivity (Wildman–Crippen MR) is 114 cm³/mol. The van der Waals surface area contributed by atoms with E-state index in [1.54, 1.807) is 0 Å². The Morgan fingerprint density at radius 3 is 1.45 bits per heavy atom. The fraction of sp³-hybridized carbons (Fsp3) is 0.0769. The van der Waals surface area contributed by atoms with Crippen LogP contribution in [0.2, 0.25) is 7.25 Å². The summed E-state index contributed by atoms with van der Waals surface area (Å²) in [5.74, 6) is 6.85. The van der Waals surface area contributed by atoms with Crippen LogP contribution in [0.1, 0.15) is 11.1 Å². The van der Waals surface area contributed by atoms with E-state index in [2.05, 4.69) is 60.4 Å². The summed E-state index contributed by atoms with van der Waals surface area (Å²) in [7, 11) is 0. The fourth-order valence-electron chi connectivity index (χ4n) is 3.58. The van der Waals surface area contributed by atoms with E-state index in [0.29, 0.717) is 0 Å². The van der Waals surface area contributed by atoms with E-state index in [1.165, 1.54) is 0 Å². The molecule has 3 heteroatoms. The van der Waals surface area contributed by atoms with Crippen LogP contribution >= 0.6 is 0 Å². The van der Waals surface area contributed by atoms with Crippen LogP contribution in [0.25, 0.3) is 0 Å². The molecule has 0 unspecified atom stereocenters. The minimum absolute atomic E-state index is 0.102. The third kappa shape index (κ3) is 4.07. The van der Waals surface area contributed by atoms with Crippen molar-refractivity contribution in [2.75, 3.05) is 0 Å². The van der Waals surface area contributed by atoms with Gasteiger partial charge in [-0.15, -0.1) is 0 Å². The molecule has 2 aliphatic rings. The van der Waals surface area contributed by atoms with Gasteiger partial charge in [0, 0.05) is 0 Å². The van der Waals surface area contributed by atoms with E-state index in [1.807, 2.05) is 48.5 Å². The van der Waals surface area contributed by atoms with Gasteiger partial charge in [0.25, 0.3) is 0 Å². The summed E-state index contributed by atoms with van der Waals surface area (Å²) in [5, 5.41) is 0. The summed E-state index contributed by atoms with van der Waals surface area (Å²) in [4.78, 5) is 0. The first-order valence-electron chi connectivity index (χ1n) is 9.45. The number of allylic oxidation sites excluding steroid dienone is 8. The third-order valence-corrected chi connectivity index (χ3v) is 14.2. The molecule has 0 atom stereocenters. The van der Waals surface area contributed by atoms with Gasteiger partial charge in [-0.3, -0.25) is 0 Å². The molecule has 4 rings (SSSR count). The summed E-state index contributed by atoms with van der Waals surface area (Å²) in [6, 6.07) is 15.3. The maximum absolute atomic E-state index is 6.83. The zero-order chi connectivity index (χ0) is 20.1. The van der Waals surface area contributed by atoms with Gasteiger partial charge in [0.05, 0.1) is 0 Å². The van der Waals surface area contributed by atoms with Crippen molar-refractivity contribution in [2.45, 2.75) is 7.25 Å². The van der Waals surface area contributed by atoms with Gasteiger partial charge in [-0.05, 0) is 0 Å². The number of rotatable bonds is 6. The van der Waals surface area contributed by atoms with Crippen molar-refractivity contribution in [1.82, 2.24) is 0 Å². The Morgan fingerprint density at radius 2 is 1.07 bits per heavy atom. The molecule has 0 aliphatic heterocycles. The topological polar surface area (TPSA) is 18.5 Å². The maximum atomic E-state index is 6.83. The van der Waals surface area contributed by atoms with Gasteiger partial charge in [0.1, 0.15) is 0 Å². The van der Waals surface area contributed by atoms with Crippen molar-refractivity contribution in [2.24, 2.45) is 0 Å². The van der Waals surface area contributed by atoms with Gasteiger partial charge < -0.3 is 0 Å². The molecular weight excluding hydrogens is 436 g/mol. The van der Waals surface area contributed by atoms with Crippen LogP contribution in [-0.2, 0) is 21.1 Å². The average Bonchev–Trinajstić information content (AvgIpc) is 3.48. The van der Waals surface area contributed by atoms with Crippen LogP contribution in [0.4, 0.5) is 0 Å². The molecular formula is C26H20O2Zr. The second-order valence-corrected chi connectivity index (χ2v) is 14.7. The molecule has 2 nitrogen and oxygen atoms in total. The molecule has 0 saturated heterocycles. The van der Waals surface area contributed by atoms with Crippen molar-refractivity contribution < 1.29 is 26.8 Å². The average molecular weight is 456 g/mol. The van der Waals surface area contributed by atoms with Crippen LogP contribution in [0, 0.1) is 24.7 Å². The van der Waals surface area contributed by atoms with Gasteiger partial charge >= 0.3 is 178 Å². The van der Waals surface area contributed by atoms with Crippen LogP contribution in [0.3, 0.4) is 0 Å². The van der Waals surface area contributed by atoms with Crippen molar-refractivity contribution in [1.29, 1.82) is 0 Å². The quantitative estimate of drug-likeness (QED) is 0.504. The van der Waals surface area contributed by atoms with Crippen LogP contribution in [0.15, 0.2) is 97.1 Å². The van der Waals surface area contributed by atoms with Gasteiger partial charge in [0.2, 0.25) is 0 Å². The summed E-state index contributed by atoms with van der Waals surface area (Å²) in [6.45, 7) is 0. The molecule has 140 valence electrons. The molecule has 29 heavy (non-hydrogen) atoms. The molecule has 2 aromatic carbocycles. The van der Waals surface area contributed by atoms with Crippen molar-refractivity contribution >= 4 is 0 Å². The van der Waals surface area contributed by atoms with Crippen LogP contribution in [-0.4, -0.2) is 0 Å². The molecule has 0 fully saturated rings. The molecule has 2 aromatic rings. The van der Waals surface area contributed by atoms with Gasteiger partial charge in [-0.1, -0.05) is 0 Å². The standard InChI is InChI=1S/2C8H6O.2C5H5.Zr/c2*1-2-7-4-3-5-8(9)6-7;2*1-2-4-5-3-1;/h2*1,3-6,9H;2*1-5H;/q;;;;+2/p-2. The van der Waals surface area contributed by atoms with E-state index in [9.17, 15) is 0 Å². The molecule has 0 amide bonds. The Labute approximate surface area is 177 Å². The number of benzene rings is 2. The predicted octanol–water partition coefficient (Wildman–Crippen LogP) is 5.92. The molecule has 0 N–H and O–H groups in total. The third-order valence-electron chi connectivity index (χ3n) is 4.98. The first-order valence-corrected chi connectivity index (χ1v) is 14.3. The zero-order valence-electron chi connectivity index (χ0n) is 15.9. The second-order valence-electron chi connectivity index (χ2n) is 6.86. The zero-order valence-corrected chi connectivity index (χ0v) is 18.3. The summed E-state index contributed by atoms with van der Waals surface area (Å²) in [5.41, 5.74) is 1.57. The Hall–Kier alpha value is -3.00. The number of hydrogen-bond donors (Lipinski definition) is 0. The van der Waals surface area contributed by atoms with Gasteiger partial charge in [-0.25, -0.2) is 0 Å². The van der Waals surface area contributed by atoms with Gasteiger partial charge in [-0.2, -0.15) is 0 Å². The van der Waals surface area contributed by atoms with Crippen molar-refractivity contribution in [3.8, 4) is 36.2 Å². The Bertz CT molecular complexity index is 995. The Morgan fingerprint density at radius 1 is 0.655 bits per heavy atom. The number of terminal acetylenes is 2. The molecule has 0 aromatic heterocycles. The molecule has 0 spiro atoms. The van der Waals surface area contributed by atoms with E-state index in [4.69, 9.17) is 18.5 Å². The summed E-state index contributed by atoms with van der Waals surface area (Å²) >= 11 is -3.96. The number of hydrogen-bond acceptors (Lipinski definition) is 2. The normalized spacial score (nSPS) is 15.4. The minimum atomic E-state index is -3.96. The second kappa shape index (κ2) is 8.57. The monoisotopic (exact) mass is 454 g/mol. The van der Waals surface area contributed by atoms with Crippen molar-refractivity contribution in [3.05, 3.63) is 108 Å². The van der Waals surface area contributed by atoms with E-state index in [0.717, 1.165) is 22.6 Å². The Balaban J connectivity index is 1.81. The van der Waals surface area contributed by atoms with Crippen LogP contribution in [0.5, 0.6) is 11.5 Å². The van der Waals surface area contributed by atoms with E-state index in [-0.39, 0.29) is 7.25 Å². The first-order chi connectivity index (χ1) is 14.2. The molecule has 2 aliphatic carbocycles. The molecule has 0 saturated carbocycles. The molecule has 0 heterocycles. The Kier molecular flexibility index (Phi) is 5.71.